The molecule has 0 fully saturated rings. The van der Waals surface area contributed by atoms with Crippen molar-refractivity contribution in [3.63, 3.8) is 0 Å². The van der Waals surface area contributed by atoms with E-state index in [1.54, 1.807) is 0 Å². The molecule has 1 unspecified atom stereocenters. The van der Waals surface area contributed by atoms with Crippen LogP contribution in [-0.4, -0.2) is 18.4 Å². The number of hydrogen-bond donors (Lipinski definition) is 1. The Morgan fingerprint density at radius 2 is 1.65 bits per heavy atom. The van der Waals surface area contributed by atoms with Gasteiger partial charge in [0.15, 0.2) is 0 Å². The molecule has 0 saturated heterocycles. The summed E-state index contributed by atoms with van der Waals surface area (Å²) in [4.78, 5) is 11.0. The highest BCUT2D eigenvalue weighted by atomic mass is 16.5. The van der Waals surface area contributed by atoms with E-state index in [-0.39, 0.29) is 11.8 Å². The lowest BCUT2D eigenvalue weighted by Crippen LogP contribution is -2.27. The summed E-state index contributed by atoms with van der Waals surface area (Å²) in [5, 5.41) is 0. The second kappa shape index (κ2) is 9.11. The monoisotopic (exact) mass is 311 g/mol. The molecule has 0 spiro atoms. The fourth-order valence-electron chi connectivity index (χ4n) is 2.39. The van der Waals surface area contributed by atoms with E-state index < -0.39 is 0 Å². The van der Waals surface area contributed by atoms with Gasteiger partial charge in [-0.15, -0.1) is 0 Å². The van der Waals surface area contributed by atoms with Crippen LogP contribution in [0.5, 0.6) is 5.75 Å². The first-order valence-corrected chi connectivity index (χ1v) is 8.17. The van der Waals surface area contributed by atoms with Crippen molar-refractivity contribution < 1.29 is 9.53 Å². The number of ketones is 1. The van der Waals surface area contributed by atoms with E-state index in [1.165, 1.54) is 18.1 Å². The minimum atomic E-state index is -0.327. The Bertz CT molecular complexity index is 593. The molecular weight excluding hydrogens is 286 g/mol. The van der Waals surface area contributed by atoms with Gasteiger partial charge in [0.05, 0.1) is 12.6 Å². The van der Waals surface area contributed by atoms with Gasteiger partial charge in [0.25, 0.3) is 0 Å². The molecule has 0 aliphatic rings. The molecule has 0 saturated carbocycles. The molecule has 122 valence electrons. The van der Waals surface area contributed by atoms with Gasteiger partial charge >= 0.3 is 0 Å². The number of nitrogens with two attached hydrogens (primary N) is 1. The number of ether oxygens (including phenoxy) is 1. The Labute approximate surface area is 138 Å². The average Bonchev–Trinajstić information content (AvgIpc) is 2.56. The minimum absolute atomic E-state index is 0.0555. The molecular formula is C20H25NO2. The molecule has 0 aromatic heterocycles. The van der Waals surface area contributed by atoms with E-state index >= 15 is 0 Å². The first kappa shape index (κ1) is 17.2. The van der Waals surface area contributed by atoms with Crippen LogP contribution in [0.15, 0.2) is 54.6 Å². The van der Waals surface area contributed by atoms with Crippen molar-refractivity contribution in [3.8, 4) is 5.75 Å². The molecule has 2 rings (SSSR count). The molecule has 3 nitrogen and oxygen atoms in total. The van der Waals surface area contributed by atoms with E-state index in [1.807, 2.05) is 18.2 Å². The van der Waals surface area contributed by atoms with E-state index in [9.17, 15) is 4.79 Å². The van der Waals surface area contributed by atoms with Crippen molar-refractivity contribution in [3.05, 3.63) is 65.7 Å². The fraction of sp³-hybridized carbons (Fsp3) is 0.350. The molecule has 0 radical (unpaired) electrons. The molecule has 2 aromatic rings. The first-order valence-electron chi connectivity index (χ1n) is 8.17. The molecule has 0 aliphatic carbocycles. The Hall–Kier alpha value is -2.13. The third-order valence-corrected chi connectivity index (χ3v) is 3.87. The topological polar surface area (TPSA) is 52.3 Å². The van der Waals surface area contributed by atoms with Crippen molar-refractivity contribution in [2.45, 2.75) is 38.6 Å². The lowest BCUT2D eigenvalue weighted by atomic mass is 10.1. The molecule has 2 aromatic carbocycles. The molecule has 3 heteroatoms. The van der Waals surface area contributed by atoms with Crippen LogP contribution < -0.4 is 10.5 Å². The van der Waals surface area contributed by atoms with Crippen LogP contribution in [-0.2, 0) is 11.2 Å². The molecule has 23 heavy (non-hydrogen) atoms. The normalized spacial score (nSPS) is 11.9. The third kappa shape index (κ3) is 6.25. The number of benzene rings is 2. The average molecular weight is 311 g/mol. The minimum Gasteiger partial charge on any atom is -0.494 e. The van der Waals surface area contributed by atoms with Crippen molar-refractivity contribution in [1.82, 2.24) is 0 Å². The zero-order chi connectivity index (χ0) is 16.5. The molecule has 0 aliphatic heterocycles. The summed E-state index contributed by atoms with van der Waals surface area (Å²) < 4.78 is 5.73. The van der Waals surface area contributed by atoms with E-state index in [2.05, 4.69) is 36.4 Å². The second-order valence-corrected chi connectivity index (χ2v) is 5.87. The Morgan fingerprint density at radius 1 is 1.00 bits per heavy atom. The van der Waals surface area contributed by atoms with Crippen LogP contribution in [0.3, 0.4) is 0 Å². The summed E-state index contributed by atoms with van der Waals surface area (Å²) in [6.07, 6.45) is 3.48. The summed E-state index contributed by atoms with van der Waals surface area (Å²) >= 11 is 0. The van der Waals surface area contributed by atoms with Crippen LogP contribution in [0.25, 0.3) is 0 Å². The maximum Gasteiger partial charge on any atom is 0.146 e. The van der Waals surface area contributed by atoms with Crippen molar-refractivity contribution in [2.24, 2.45) is 5.73 Å². The summed E-state index contributed by atoms with van der Waals surface area (Å²) in [5.41, 5.74) is 8.28. The van der Waals surface area contributed by atoms with Crippen LogP contribution >= 0.6 is 0 Å². The van der Waals surface area contributed by atoms with Crippen molar-refractivity contribution >= 4 is 5.78 Å². The highest BCUT2D eigenvalue weighted by Crippen LogP contribution is 2.15. The number of Topliss-reactive ketones (excluding diaryl/α,β-unsaturated/α-hetero) is 1. The maximum atomic E-state index is 11.0. The van der Waals surface area contributed by atoms with E-state index in [0.29, 0.717) is 6.61 Å². The summed E-state index contributed by atoms with van der Waals surface area (Å²) in [6.45, 7) is 2.20. The van der Waals surface area contributed by atoms with Crippen molar-refractivity contribution in [1.29, 1.82) is 0 Å². The quantitative estimate of drug-likeness (QED) is 0.718. The van der Waals surface area contributed by atoms with Crippen LogP contribution in [0.2, 0.25) is 0 Å². The van der Waals surface area contributed by atoms with Gasteiger partial charge in [-0.05, 0) is 55.9 Å². The lowest BCUT2D eigenvalue weighted by Gasteiger charge is -2.09. The maximum absolute atomic E-state index is 11.0. The zero-order valence-electron chi connectivity index (χ0n) is 13.7. The van der Waals surface area contributed by atoms with Gasteiger partial charge in [-0.2, -0.15) is 0 Å². The summed E-state index contributed by atoms with van der Waals surface area (Å²) in [7, 11) is 0. The number of carbonyl (C=O) groups is 1. The zero-order valence-corrected chi connectivity index (χ0v) is 13.7. The SMILES string of the molecule is CC(=O)C(N)CCCCOc1ccc(Cc2ccccc2)cc1. The van der Waals surface area contributed by atoms with E-state index in [0.717, 1.165) is 31.4 Å². The standard InChI is InChI=1S/C20H25NO2/c1-16(22)20(21)9-5-6-14-23-19-12-10-18(11-13-19)15-17-7-3-2-4-8-17/h2-4,7-8,10-13,20H,5-6,9,14-15,21H2,1H3. The van der Waals surface area contributed by atoms with Gasteiger partial charge in [-0.25, -0.2) is 0 Å². The van der Waals surface area contributed by atoms with Crippen LogP contribution in [0, 0.1) is 0 Å². The van der Waals surface area contributed by atoms with Crippen LogP contribution in [0.1, 0.15) is 37.3 Å². The molecule has 1 atom stereocenters. The molecule has 0 heterocycles. The number of rotatable bonds is 9. The number of unbranched alkanes of at least 4 members (excludes halogenated alkanes) is 1. The Morgan fingerprint density at radius 3 is 2.30 bits per heavy atom. The molecule has 2 N–H and O–H groups in total. The van der Waals surface area contributed by atoms with Gasteiger partial charge in [0.1, 0.15) is 11.5 Å². The van der Waals surface area contributed by atoms with Gasteiger partial charge in [-0.1, -0.05) is 42.5 Å². The van der Waals surface area contributed by atoms with Crippen molar-refractivity contribution in [2.75, 3.05) is 6.61 Å². The first-order chi connectivity index (χ1) is 11.1. The van der Waals surface area contributed by atoms with Gasteiger partial charge in [0.2, 0.25) is 0 Å². The smallest absolute Gasteiger partial charge is 0.146 e. The third-order valence-electron chi connectivity index (χ3n) is 3.87. The summed E-state index contributed by atoms with van der Waals surface area (Å²) in [6, 6.07) is 18.3. The molecule has 0 bridgehead atoms. The lowest BCUT2D eigenvalue weighted by molar-refractivity contribution is -0.118. The Balaban J connectivity index is 1.70. The van der Waals surface area contributed by atoms with Gasteiger partial charge < -0.3 is 10.5 Å². The number of hydrogen-bond acceptors (Lipinski definition) is 3. The predicted molar refractivity (Wildman–Crippen MR) is 93.7 cm³/mol. The van der Waals surface area contributed by atoms with E-state index in [4.69, 9.17) is 10.5 Å². The van der Waals surface area contributed by atoms with Gasteiger partial charge in [0, 0.05) is 0 Å². The summed E-state index contributed by atoms with van der Waals surface area (Å²) in [5.74, 6) is 0.942. The largest absolute Gasteiger partial charge is 0.494 e. The highest BCUT2D eigenvalue weighted by molar-refractivity contribution is 5.81. The molecule has 0 amide bonds. The number of carbonyl (C=O) groups excluding carboxylic acids is 1. The highest BCUT2D eigenvalue weighted by Gasteiger charge is 2.06. The fourth-order valence-corrected chi connectivity index (χ4v) is 2.39. The Kier molecular flexibility index (Phi) is 6.82. The predicted octanol–water partition coefficient (Wildman–Crippen LogP) is 3.74. The second-order valence-electron chi connectivity index (χ2n) is 5.87. The van der Waals surface area contributed by atoms with Gasteiger partial charge in [-0.3, -0.25) is 4.79 Å². The van der Waals surface area contributed by atoms with Crippen LogP contribution in [0.4, 0.5) is 0 Å².